The van der Waals surface area contributed by atoms with Crippen LogP contribution in [0.4, 0.5) is 8.78 Å². The highest BCUT2D eigenvalue weighted by Gasteiger charge is 2.28. The number of carbonyl (C=O) groups is 1. The van der Waals surface area contributed by atoms with E-state index in [0.717, 1.165) is 18.6 Å². The molecule has 0 unspecified atom stereocenters. The molecule has 4 nitrogen and oxygen atoms in total. The maximum Gasteiger partial charge on any atom is 0.354 e. The second kappa shape index (κ2) is 6.19. The van der Waals surface area contributed by atoms with E-state index >= 15 is 0 Å². The number of carboxylic acid groups (broad SMARTS) is 1. The Kier molecular flexibility index (Phi) is 4.22. The zero-order valence-corrected chi connectivity index (χ0v) is 13.3. The highest BCUT2D eigenvalue weighted by atomic mass is 19.1. The average molecular weight is 333 g/mol. The average Bonchev–Trinajstić information content (AvgIpc) is 2.53. The van der Waals surface area contributed by atoms with Crippen LogP contribution >= 0.6 is 0 Å². The number of aromatic carboxylic acids is 1. The standard InChI is InChI=1S/C18H17F2NO3/c1-9(2)16-6-5-12-13(11-4-3-10(19)7-14(11)20)8-15(18(22)23)21-17(12)24-16/h3-4,7-9,16H,5-6H2,1-2H3,(H,22,23)/t16-/m0/s1. The van der Waals surface area contributed by atoms with Crippen molar-refractivity contribution < 1.29 is 23.4 Å². The van der Waals surface area contributed by atoms with Gasteiger partial charge in [-0.2, -0.15) is 0 Å². The maximum atomic E-state index is 14.2. The van der Waals surface area contributed by atoms with Crippen molar-refractivity contribution in [3.05, 3.63) is 47.2 Å². The molecular formula is C18H17F2NO3. The summed E-state index contributed by atoms with van der Waals surface area (Å²) < 4.78 is 33.2. The van der Waals surface area contributed by atoms with Gasteiger partial charge in [-0.15, -0.1) is 0 Å². The van der Waals surface area contributed by atoms with Gasteiger partial charge in [0, 0.05) is 17.2 Å². The molecule has 0 amide bonds. The minimum Gasteiger partial charge on any atom is -0.477 e. The molecule has 0 saturated carbocycles. The fourth-order valence-corrected chi connectivity index (χ4v) is 2.90. The third-order valence-corrected chi connectivity index (χ3v) is 4.21. The first-order valence-electron chi connectivity index (χ1n) is 7.76. The topological polar surface area (TPSA) is 59.4 Å². The highest BCUT2D eigenvalue weighted by Crippen LogP contribution is 2.37. The molecule has 1 aromatic heterocycles. The molecule has 1 aromatic carbocycles. The van der Waals surface area contributed by atoms with Crippen molar-refractivity contribution in [1.82, 2.24) is 4.98 Å². The second-order valence-electron chi connectivity index (χ2n) is 6.21. The van der Waals surface area contributed by atoms with E-state index in [9.17, 15) is 18.7 Å². The van der Waals surface area contributed by atoms with Crippen LogP contribution in [0, 0.1) is 17.6 Å². The Bertz CT molecular complexity index is 805. The van der Waals surface area contributed by atoms with Crippen LogP contribution in [0.1, 0.15) is 36.3 Å². The molecule has 0 radical (unpaired) electrons. The fourth-order valence-electron chi connectivity index (χ4n) is 2.90. The first-order chi connectivity index (χ1) is 11.4. The van der Waals surface area contributed by atoms with E-state index in [1.54, 1.807) is 0 Å². The number of benzene rings is 1. The molecule has 0 fully saturated rings. The van der Waals surface area contributed by atoms with Crippen molar-refractivity contribution in [2.24, 2.45) is 5.92 Å². The van der Waals surface area contributed by atoms with E-state index in [0.29, 0.717) is 17.5 Å². The lowest BCUT2D eigenvalue weighted by atomic mass is 9.91. The lowest BCUT2D eigenvalue weighted by Crippen LogP contribution is -2.29. The van der Waals surface area contributed by atoms with Crippen molar-refractivity contribution in [3.8, 4) is 17.0 Å². The second-order valence-corrected chi connectivity index (χ2v) is 6.21. The predicted octanol–water partition coefficient (Wildman–Crippen LogP) is 4.07. The summed E-state index contributed by atoms with van der Waals surface area (Å²) in [6, 6.07) is 4.55. The first-order valence-corrected chi connectivity index (χ1v) is 7.76. The van der Waals surface area contributed by atoms with Crippen LogP contribution in [0.25, 0.3) is 11.1 Å². The molecule has 0 spiro atoms. The Morgan fingerprint density at radius 1 is 1.29 bits per heavy atom. The monoisotopic (exact) mass is 333 g/mol. The van der Waals surface area contributed by atoms with Crippen molar-refractivity contribution in [1.29, 1.82) is 0 Å². The van der Waals surface area contributed by atoms with Crippen molar-refractivity contribution >= 4 is 5.97 Å². The van der Waals surface area contributed by atoms with Crippen LogP contribution < -0.4 is 4.74 Å². The largest absolute Gasteiger partial charge is 0.477 e. The number of aromatic nitrogens is 1. The molecular weight excluding hydrogens is 316 g/mol. The zero-order valence-electron chi connectivity index (χ0n) is 13.3. The number of halogens is 2. The van der Waals surface area contributed by atoms with Gasteiger partial charge >= 0.3 is 5.97 Å². The number of rotatable bonds is 3. The summed E-state index contributed by atoms with van der Waals surface area (Å²) in [5.41, 5.74) is 0.959. The van der Waals surface area contributed by atoms with Crippen LogP contribution in [-0.2, 0) is 6.42 Å². The van der Waals surface area contributed by atoms with E-state index in [2.05, 4.69) is 4.98 Å². The van der Waals surface area contributed by atoms with Gasteiger partial charge in [0.05, 0.1) is 0 Å². The molecule has 2 aromatic rings. The van der Waals surface area contributed by atoms with E-state index in [4.69, 9.17) is 4.74 Å². The van der Waals surface area contributed by atoms with Crippen LogP contribution in [0.2, 0.25) is 0 Å². The van der Waals surface area contributed by atoms with Gasteiger partial charge in [-0.05, 0) is 42.5 Å². The van der Waals surface area contributed by atoms with Gasteiger partial charge in [0.15, 0.2) is 5.69 Å². The molecule has 1 aliphatic heterocycles. The fraction of sp³-hybridized carbons (Fsp3) is 0.333. The lowest BCUT2D eigenvalue weighted by molar-refractivity contribution is 0.0685. The lowest BCUT2D eigenvalue weighted by Gasteiger charge is -2.29. The van der Waals surface area contributed by atoms with Gasteiger partial charge in [0.1, 0.15) is 17.7 Å². The van der Waals surface area contributed by atoms with E-state index in [-0.39, 0.29) is 29.2 Å². The van der Waals surface area contributed by atoms with E-state index in [1.807, 2.05) is 13.8 Å². The quantitative estimate of drug-likeness (QED) is 0.920. The third kappa shape index (κ3) is 2.96. The Hall–Kier alpha value is -2.50. The molecule has 0 bridgehead atoms. The summed E-state index contributed by atoms with van der Waals surface area (Å²) >= 11 is 0. The minimum absolute atomic E-state index is 0.0695. The maximum absolute atomic E-state index is 14.2. The molecule has 2 heterocycles. The van der Waals surface area contributed by atoms with Gasteiger partial charge in [0.2, 0.25) is 5.88 Å². The molecule has 126 valence electrons. The summed E-state index contributed by atoms with van der Waals surface area (Å²) in [6.07, 6.45) is 1.26. The number of fused-ring (bicyclic) bond motifs is 1. The zero-order chi connectivity index (χ0) is 17.4. The number of carboxylic acids is 1. The molecule has 1 N–H and O–H groups in total. The molecule has 1 aliphatic rings. The Morgan fingerprint density at radius 3 is 2.67 bits per heavy atom. The summed E-state index contributed by atoms with van der Waals surface area (Å²) in [6.45, 7) is 4.02. The van der Waals surface area contributed by atoms with Crippen LogP contribution in [0.15, 0.2) is 24.3 Å². The first kappa shape index (κ1) is 16.4. The van der Waals surface area contributed by atoms with Crippen molar-refractivity contribution in [2.45, 2.75) is 32.8 Å². The number of nitrogens with zero attached hydrogens (tertiary/aromatic N) is 1. The summed E-state index contributed by atoms with van der Waals surface area (Å²) in [4.78, 5) is 15.4. The highest BCUT2D eigenvalue weighted by molar-refractivity contribution is 5.88. The van der Waals surface area contributed by atoms with Gasteiger partial charge < -0.3 is 9.84 Å². The number of hydrogen-bond donors (Lipinski definition) is 1. The Labute approximate surface area is 138 Å². The number of ether oxygens (including phenoxy) is 1. The normalized spacial score (nSPS) is 16.6. The van der Waals surface area contributed by atoms with E-state index in [1.165, 1.54) is 12.1 Å². The van der Waals surface area contributed by atoms with Gasteiger partial charge in [-0.1, -0.05) is 13.8 Å². The van der Waals surface area contributed by atoms with E-state index < -0.39 is 17.6 Å². The number of pyridine rings is 1. The predicted molar refractivity (Wildman–Crippen MR) is 84.1 cm³/mol. The molecule has 1 atom stereocenters. The molecule has 0 aliphatic carbocycles. The smallest absolute Gasteiger partial charge is 0.354 e. The number of hydrogen-bond acceptors (Lipinski definition) is 3. The molecule has 0 saturated heterocycles. The summed E-state index contributed by atoms with van der Waals surface area (Å²) in [7, 11) is 0. The molecule has 6 heteroatoms. The van der Waals surface area contributed by atoms with Crippen LogP contribution in [0.5, 0.6) is 5.88 Å². The van der Waals surface area contributed by atoms with Crippen LogP contribution in [0.3, 0.4) is 0 Å². The molecule has 24 heavy (non-hydrogen) atoms. The SMILES string of the molecule is CC(C)[C@@H]1CCc2c(-c3ccc(F)cc3F)cc(C(=O)O)nc2O1. The summed E-state index contributed by atoms with van der Waals surface area (Å²) in [5, 5.41) is 9.27. The van der Waals surface area contributed by atoms with Gasteiger partial charge in [-0.3, -0.25) is 0 Å². The third-order valence-electron chi connectivity index (χ3n) is 4.21. The van der Waals surface area contributed by atoms with Crippen molar-refractivity contribution in [2.75, 3.05) is 0 Å². The molecule has 3 rings (SSSR count). The Balaban J connectivity index is 2.17. The van der Waals surface area contributed by atoms with Gasteiger partial charge in [0.25, 0.3) is 0 Å². The van der Waals surface area contributed by atoms with Crippen molar-refractivity contribution in [3.63, 3.8) is 0 Å². The summed E-state index contributed by atoms with van der Waals surface area (Å²) in [5.74, 6) is -2.19. The van der Waals surface area contributed by atoms with Gasteiger partial charge in [-0.25, -0.2) is 18.6 Å². The van der Waals surface area contributed by atoms with Crippen LogP contribution in [-0.4, -0.2) is 22.2 Å². The minimum atomic E-state index is -1.23. The Morgan fingerprint density at radius 2 is 2.04 bits per heavy atom.